The van der Waals surface area contributed by atoms with Gasteiger partial charge in [-0.3, -0.25) is 4.79 Å². The average Bonchev–Trinajstić information content (AvgIpc) is 2.35. The first kappa shape index (κ1) is 13.7. The first-order valence-corrected chi connectivity index (χ1v) is 6.21. The zero-order valence-corrected chi connectivity index (χ0v) is 11.4. The molecule has 0 spiro atoms. The summed E-state index contributed by atoms with van der Waals surface area (Å²) in [4.78, 5) is 17.9. The Bertz CT molecular complexity index is 701. The molecule has 0 saturated heterocycles. The standard InChI is InChI=1S/C12H9BrF2N2O2/c1-2-5-11(18)16-10(17-12(5)19)6-3-4-7(14)9(15)8(6)13/h3-4H,2H2,1H3,(H2,16,17,18,19). The Morgan fingerprint density at radius 3 is 2.68 bits per heavy atom. The molecule has 0 amide bonds. The maximum absolute atomic E-state index is 13.4. The van der Waals surface area contributed by atoms with E-state index in [2.05, 4.69) is 25.9 Å². The van der Waals surface area contributed by atoms with Crippen LogP contribution in [0.3, 0.4) is 0 Å². The summed E-state index contributed by atoms with van der Waals surface area (Å²) in [5.41, 5.74) is -0.224. The molecule has 2 aromatic rings. The minimum absolute atomic E-state index is 0.0366. The minimum atomic E-state index is -1.08. The van der Waals surface area contributed by atoms with Crippen LogP contribution in [0.15, 0.2) is 21.4 Å². The highest BCUT2D eigenvalue weighted by Crippen LogP contribution is 2.30. The number of nitrogens with zero attached hydrogens (tertiary/aromatic N) is 1. The van der Waals surface area contributed by atoms with E-state index in [4.69, 9.17) is 0 Å². The minimum Gasteiger partial charge on any atom is -0.493 e. The molecular formula is C12H9BrF2N2O2. The fraction of sp³-hybridized carbons (Fsp3) is 0.167. The molecule has 1 aromatic carbocycles. The van der Waals surface area contributed by atoms with Gasteiger partial charge in [0.25, 0.3) is 5.56 Å². The molecule has 0 fully saturated rings. The van der Waals surface area contributed by atoms with Crippen molar-refractivity contribution in [3.63, 3.8) is 0 Å². The lowest BCUT2D eigenvalue weighted by molar-refractivity contribution is 0.444. The maximum atomic E-state index is 13.4. The molecule has 2 N–H and O–H groups in total. The number of nitrogens with one attached hydrogen (secondary N) is 1. The van der Waals surface area contributed by atoms with Crippen LogP contribution in [-0.2, 0) is 6.42 Å². The predicted molar refractivity (Wildman–Crippen MR) is 69.0 cm³/mol. The van der Waals surface area contributed by atoms with Gasteiger partial charge in [-0.2, -0.15) is 4.98 Å². The number of aromatic nitrogens is 2. The van der Waals surface area contributed by atoms with E-state index in [9.17, 15) is 18.7 Å². The highest BCUT2D eigenvalue weighted by Gasteiger charge is 2.16. The Morgan fingerprint density at radius 2 is 2.11 bits per heavy atom. The van der Waals surface area contributed by atoms with Crippen molar-refractivity contribution >= 4 is 15.9 Å². The summed E-state index contributed by atoms with van der Waals surface area (Å²) in [5, 5.41) is 9.63. The van der Waals surface area contributed by atoms with E-state index in [0.717, 1.165) is 6.07 Å². The number of aromatic amines is 1. The van der Waals surface area contributed by atoms with Gasteiger partial charge in [0.05, 0.1) is 10.0 Å². The first-order valence-electron chi connectivity index (χ1n) is 5.41. The van der Waals surface area contributed by atoms with Gasteiger partial charge in [-0.1, -0.05) is 6.92 Å². The third kappa shape index (κ3) is 2.37. The highest BCUT2D eigenvalue weighted by molar-refractivity contribution is 9.10. The Hall–Kier alpha value is -1.76. The molecule has 7 heteroatoms. The normalized spacial score (nSPS) is 10.7. The number of aromatic hydroxyl groups is 1. The molecular weight excluding hydrogens is 322 g/mol. The van der Waals surface area contributed by atoms with Gasteiger partial charge in [-0.05, 0) is 34.5 Å². The van der Waals surface area contributed by atoms with Gasteiger partial charge in [-0.15, -0.1) is 0 Å². The summed E-state index contributed by atoms with van der Waals surface area (Å²) >= 11 is 2.89. The van der Waals surface area contributed by atoms with Crippen molar-refractivity contribution in [3.8, 4) is 17.3 Å². The van der Waals surface area contributed by atoms with Crippen molar-refractivity contribution in [1.82, 2.24) is 9.97 Å². The van der Waals surface area contributed by atoms with Crippen LogP contribution >= 0.6 is 15.9 Å². The Morgan fingerprint density at radius 1 is 1.42 bits per heavy atom. The van der Waals surface area contributed by atoms with Crippen molar-refractivity contribution in [2.45, 2.75) is 13.3 Å². The van der Waals surface area contributed by atoms with Crippen molar-refractivity contribution in [1.29, 1.82) is 0 Å². The zero-order chi connectivity index (χ0) is 14.2. The van der Waals surface area contributed by atoms with Crippen LogP contribution in [0.1, 0.15) is 12.5 Å². The maximum Gasteiger partial charge on any atom is 0.258 e. The molecule has 0 aliphatic heterocycles. The molecule has 0 atom stereocenters. The van der Waals surface area contributed by atoms with E-state index in [0.29, 0.717) is 6.42 Å². The van der Waals surface area contributed by atoms with Crippen LogP contribution in [-0.4, -0.2) is 15.1 Å². The van der Waals surface area contributed by atoms with Gasteiger partial charge in [0, 0.05) is 5.56 Å². The van der Waals surface area contributed by atoms with Crippen LogP contribution in [0.5, 0.6) is 5.88 Å². The molecule has 0 saturated carbocycles. The third-order valence-electron chi connectivity index (χ3n) is 2.64. The van der Waals surface area contributed by atoms with Crippen LogP contribution in [0.2, 0.25) is 0 Å². The number of halogens is 3. The SMILES string of the molecule is CCc1c(O)nc(-c2ccc(F)c(F)c2Br)[nH]c1=O. The lowest BCUT2D eigenvalue weighted by Crippen LogP contribution is -2.14. The van der Waals surface area contributed by atoms with Crippen molar-refractivity contribution in [2.75, 3.05) is 0 Å². The number of hydrogen-bond donors (Lipinski definition) is 2. The predicted octanol–water partition coefficient (Wildman–Crippen LogP) is 2.75. The summed E-state index contributed by atoms with van der Waals surface area (Å²) < 4.78 is 26.3. The number of hydrogen-bond acceptors (Lipinski definition) is 3. The molecule has 1 heterocycles. The number of H-pyrrole nitrogens is 1. The fourth-order valence-electron chi connectivity index (χ4n) is 1.64. The number of rotatable bonds is 2. The molecule has 0 radical (unpaired) electrons. The van der Waals surface area contributed by atoms with Gasteiger partial charge in [0.1, 0.15) is 5.82 Å². The quantitative estimate of drug-likeness (QED) is 0.832. The van der Waals surface area contributed by atoms with Gasteiger partial charge in [0.2, 0.25) is 5.88 Å². The Labute approximate surface area is 115 Å². The molecule has 100 valence electrons. The summed E-state index contributed by atoms with van der Waals surface area (Å²) in [6, 6.07) is 2.17. The molecule has 0 aliphatic rings. The van der Waals surface area contributed by atoms with E-state index in [-0.39, 0.29) is 21.4 Å². The lowest BCUT2D eigenvalue weighted by Gasteiger charge is -2.07. The van der Waals surface area contributed by atoms with Gasteiger partial charge in [-0.25, -0.2) is 8.78 Å². The second kappa shape index (κ2) is 5.08. The van der Waals surface area contributed by atoms with Crippen LogP contribution in [0, 0.1) is 11.6 Å². The zero-order valence-electron chi connectivity index (χ0n) is 9.80. The molecule has 2 rings (SSSR count). The lowest BCUT2D eigenvalue weighted by atomic mass is 10.2. The van der Waals surface area contributed by atoms with E-state index < -0.39 is 23.1 Å². The van der Waals surface area contributed by atoms with Gasteiger partial charge < -0.3 is 10.1 Å². The largest absolute Gasteiger partial charge is 0.493 e. The fourth-order valence-corrected chi connectivity index (χ4v) is 2.15. The summed E-state index contributed by atoms with van der Waals surface area (Å²) in [6.07, 6.45) is 0.313. The summed E-state index contributed by atoms with van der Waals surface area (Å²) in [7, 11) is 0. The molecule has 1 aromatic heterocycles. The van der Waals surface area contributed by atoms with E-state index in [1.807, 2.05) is 0 Å². The van der Waals surface area contributed by atoms with Crippen LogP contribution in [0.4, 0.5) is 8.78 Å². The molecule has 4 nitrogen and oxygen atoms in total. The molecule has 19 heavy (non-hydrogen) atoms. The topological polar surface area (TPSA) is 66.0 Å². The van der Waals surface area contributed by atoms with Crippen LogP contribution < -0.4 is 5.56 Å². The second-order valence-corrected chi connectivity index (χ2v) is 4.59. The van der Waals surface area contributed by atoms with E-state index >= 15 is 0 Å². The van der Waals surface area contributed by atoms with Crippen molar-refractivity contribution in [3.05, 3.63) is 44.2 Å². The van der Waals surface area contributed by atoms with Crippen molar-refractivity contribution in [2.24, 2.45) is 0 Å². The number of benzene rings is 1. The average molecular weight is 331 g/mol. The second-order valence-electron chi connectivity index (χ2n) is 3.79. The third-order valence-corrected chi connectivity index (χ3v) is 3.41. The molecule has 0 bridgehead atoms. The monoisotopic (exact) mass is 330 g/mol. The highest BCUT2D eigenvalue weighted by atomic mass is 79.9. The Balaban J connectivity index is 2.67. The summed E-state index contributed by atoms with van der Waals surface area (Å²) in [5.74, 6) is -2.56. The first-order chi connectivity index (χ1) is 8.95. The van der Waals surface area contributed by atoms with E-state index in [1.54, 1.807) is 6.92 Å². The van der Waals surface area contributed by atoms with E-state index in [1.165, 1.54) is 6.07 Å². The molecule has 0 aliphatic carbocycles. The molecule has 0 unspecified atom stereocenters. The van der Waals surface area contributed by atoms with Gasteiger partial charge in [0.15, 0.2) is 11.6 Å². The summed E-state index contributed by atoms with van der Waals surface area (Å²) in [6.45, 7) is 1.69. The smallest absolute Gasteiger partial charge is 0.258 e. The Kier molecular flexibility index (Phi) is 3.66. The van der Waals surface area contributed by atoms with Crippen LogP contribution in [0.25, 0.3) is 11.4 Å². The van der Waals surface area contributed by atoms with Gasteiger partial charge >= 0.3 is 0 Å². The van der Waals surface area contributed by atoms with Crippen molar-refractivity contribution < 1.29 is 13.9 Å².